The molecule has 21 heavy (non-hydrogen) atoms. The van der Waals surface area contributed by atoms with E-state index in [9.17, 15) is 8.42 Å². The van der Waals surface area contributed by atoms with Crippen molar-refractivity contribution >= 4 is 27.7 Å². The highest BCUT2D eigenvalue weighted by atomic mass is 32.3. The van der Waals surface area contributed by atoms with Crippen LogP contribution in [0.1, 0.15) is 17.2 Å². The van der Waals surface area contributed by atoms with E-state index < -0.39 is 28.1 Å². The molecule has 0 saturated carbocycles. The van der Waals surface area contributed by atoms with Gasteiger partial charge < -0.3 is 0 Å². The van der Waals surface area contributed by atoms with Gasteiger partial charge >= 0.3 is 10.4 Å². The maximum absolute atomic E-state index is 10.7. The van der Waals surface area contributed by atoms with Crippen molar-refractivity contribution in [3.63, 3.8) is 0 Å². The van der Waals surface area contributed by atoms with E-state index in [-0.39, 0.29) is 0 Å². The summed E-state index contributed by atoms with van der Waals surface area (Å²) in [5.41, 5.74) is 2.09. The molecule has 1 aromatic rings. The highest BCUT2D eigenvalue weighted by Crippen LogP contribution is 2.37. The van der Waals surface area contributed by atoms with Crippen molar-refractivity contribution in [2.75, 3.05) is 19.4 Å². The predicted octanol–water partition coefficient (Wildman–Crippen LogP) is -0.173. The van der Waals surface area contributed by atoms with Gasteiger partial charge in [-0.15, -0.1) is 5.23 Å². The lowest BCUT2D eigenvalue weighted by atomic mass is 9.92. The van der Waals surface area contributed by atoms with Crippen LogP contribution in [-0.4, -0.2) is 35.6 Å². The molecule has 3 rings (SSSR count). The first-order chi connectivity index (χ1) is 9.86. The van der Waals surface area contributed by atoms with Crippen LogP contribution >= 0.6 is 0 Å². The highest BCUT2D eigenvalue weighted by Gasteiger charge is 2.28. The minimum Gasteiger partial charge on any atom is -0.264 e. The quantitative estimate of drug-likeness (QED) is 0.574. The van der Waals surface area contributed by atoms with E-state index in [1.807, 2.05) is 6.07 Å². The van der Waals surface area contributed by atoms with Crippen molar-refractivity contribution in [2.24, 2.45) is 0 Å². The molecule has 11 heteroatoms. The van der Waals surface area contributed by atoms with E-state index >= 15 is 0 Å². The fraction of sp³-hybridized carbons (Fsp3) is 0.400. The molecule has 0 fully saturated rings. The number of fused-ring (bicyclic) bond motifs is 3. The van der Waals surface area contributed by atoms with E-state index in [0.717, 1.165) is 5.56 Å². The fourth-order valence-electron chi connectivity index (χ4n) is 1.95. The summed E-state index contributed by atoms with van der Waals surface area (Å²) in [6, 6.07) is 5.23. The van der Waals surface area contributed by atoms with E-state index in [4.69, 9.17) is 22.6 Å². The summed E-state index contributed by atoms with van der Waals surface area (Å²) >= 11 is -1.42. The smallest absolute Gasteiger partial charge is 0.264 e. The van der Waals surface area contributed by atoms with Gasteiger partial charge in [-0.2, -0.15) is 8.42 Å². The Kier molecular flexibility index (Phi) is 6.51. The zero-order chi connectivity index (χ0) is 16.0. The van der Waals surface area contributed by atoms with Gasteiger partial charge in [0.25, 0.3) is 0 Å². The van der Waals surface area contributed by atoms with E-state index in [1.54, 1.807) is 12.1 Å². The number of hydrogen-bond donors (Lipinski definition) is 1. The third-order valence-corrected chi connectivity index (χ3v) is 3.13. The minimum atomic E-state index is -4.47. The molecular weight excluding hydrogens is 326 g/mol. The molecule has 0 radical (unpaired) electrons. The summed E-state index contributed by atoms with van der Waals surface area (Å²) in [5, 5.41) is 1.21. The zero-order valence-electron chi connectivity index (χ0n) is 11.2. The Morgan fingerprint density at radius 1 is 1.29 bits per heavy atom. The summed E-state index contributed by atoms with van der Waals surface area (Å²) < 4.78 is 51.5. The first-order valence-corrected chi connectivity index (χ1v) is 7.70. The fourth-order valence-corrected chi connectivity index (χ4v) is 2.42. The van der Waals surface area contributed by atoms with Gasteiger partial charge in [0.1, 0.15) is 17.7 Å². The molecule has 0 aliphatic heterocycles. The number of benzene rings is 1. The first-order valence-electron chi connectivity index (χ1n) is 5.52. The average Bonchev–Trinajstić information content (AvgIpc) is 2.40. The Morgan fingerprint density at radius 3 is 2.24 bits per heavy atom. The molecule has 1 aromatic carbocycles. The zero-order valence-corrected chi connectivity index (χ0v) is 13.0. The SMILES string of the molecule is CON(OC)c1cc2ccc1CC2OS(=O)(=O)O.O=[SH2]=O. The van der Waals surface area contributed by atoms with Crippen molar-refractivity contribution in [2.45, 2.75) is 12.5 Å². The van der Waals surface area contributed by atoms with Crippen LogP contribution in [0.4, 0.5) is 5.69 Å². The third kappa shape index (κ3) is 4.91. The molecule has 2 aliphatic rings. The van der Waals surface area contributed by atoms with Gasteiger partial charge in [-0.25, -0.2) is 12.6 Å². The molecule has 0 amide bonds. The second kappa shape index (κ2) is 7.68. The normalized spacial score (nSPS) is 16.2. The van der Waals surface area contributed by atoms with Gasteiger partial charge in [-0.05, 0) is 17.2 Å². The van der Waals surface area contributed by atoms with Crippen molar-refractivity contribution in [1.82, 2.24) is 0 Å². The minimum absolute atomic E-state index is 0.320. The Morgan fingerprint density at radius 2 is 1.86 bits per heavy atom. The van der Waals surface area contributed by atoms with Crippen LogP contribution in [0.5, 0.6) is 0 Å². The van der Waals surface area contributed by atoms with E-state index in [0.29, 0.717) is 17.7 Å². The van der Waals surface area contributed by atoms with Crippen LogP contribution in [-0.2, 0) is 42.2 Å². The number of nitrogens with zero attached hydrogens (tertiary/aromatic N) is 1. The molecule has 2 aliphatic carbocycles. The average molecular weight is 341 g/mol. The van der Waals surface area contributed by atoms with Crippen LogP contribution < -0.4 is 5.23 Å². The monoisotopic (exact) mass is 341 g/mol. The molecule has 9 nitrogen and oxygen atoms in total. The van der Waals surface area contributed by atoms with Crippen LogP contribution in [0.2, 0.25) is 0 Å². The molecule has 0 spiro atoms. The lowest BCUT2D eigenvalue weighted by Crippen LogP contribution is -2.25. The summed E-state index contributed by atoms with van der Waals surface area (Å²) in [6.07, 6.45) is -0.389. The molecule has 1 N–H and O–H groups in total. The summed E-state index contributed by atoms with van der Waals surface area (Å²) in [5.74, 6) is 0. The van der Waals surface area contributed by atoms with Crippen molar-refractivity contribution in [3.8, 4) is 0 Å². The van der Waals surface area contributed by atoms with Gasteiger partial charge in [0.15, 0.2) is 0 Å². The highest BCUT2D eigenvalue weighted by molar-refractivity contribution is 7.80. The Balaban J connectivity index is 0.000000677. The van der Waals surface area contributed by atoms with Crippen LogP contribution in [0, 0.1) is 0 Å². The standard InChI is InChI=1S/C10H13NO6S.H2O2S/c1-15-11(16-2)9-5-8-4-3-7(9)6-10(8)17-18(12,13)14;1-3-2/h3-5,10H,6H2,1-2H3,(H,12,13,14);3H2. The van der Waals surface area contributed by atoms with Gasteiger partial charge in [0, 0.05) is 6.42 Å². The number of hydrogen-bond acceptors (Lipinski definition) is 8. The van der Waals surface area contributed by atoms with Crippen LogP contribution in [0.25, 0.3) is 0 Å². The predicted molar refractivity (Wildman–Crippen MR) is 73.7 cm³/mol. The molecular formula is C10H15NO8S2. The van der Waals surface area contributed by atoms with Gasteiger partial charge in [0.05, 0.1) is 19.9 Å². The molecule has 1 unspecified atom stereocenters. The lowest BCUT2D eigenvalue weighted by Gasteiger charge is -2.28. The summed E-state index contributed by atoms with van der Waals surface area (Å²) in [7, 11) is -1.56. The van der Waals surface area contributed by atoms with Gasteiger partial charge in [-0.3, -0.25) is 14.2 Å². The molecule has 0 heterocycles. The molecule has 2 bridgehead atoms. The second-order valence-corrected chi connectivity index (χ2v) is 5.03. The number of rotatable bonds is 5. The van der Waals surface area contributed by atoms with E-state index in [2.05, 4.69) is 4.18 Å². The first kappa shape index (κ1) is 17.8. The molecule has 120 valence electrons. The summed E-state index contributed by atoms with van der Waals surface area (Å²) in [6.45, 7) is 0. The maximum Gasteiger partial charge on any atom is 0.397 e. The molecule has 1 atom stereocenters. The van der Waals surface area contributed by atoms with Crippen LogP contribution in [0.15, 0.2) is 18.2 Å². The van der Waals surface area contributed by atoms with Crippen molar-refractivity contribution < 1.29 is 35.2 Å². The number of anilines is 1. The van der Waals surface area contributed by atoms with Crippen LogP contribution in [0.3, 0.4) is 0 Å². The Bertz CT molecular complexity index is 622. The largest absolute Gasteiger partial charge is 0.397 e. The van der Waals surface area contributed by atoms with Crippen molar-refractivity contribution in [3.05, 3.63) is 29.3 Å². The molecule has 0 aromatic heterocycles. The van der Waals surface area contributed by atoms with Gasteiger partial charge in [0.2, 0.25) is 0 Å². The van der Waals surface area contributed by atoms with E-state index in [1.165, 1.54) is 19.4 Å². The molecule has 0 saturated heterocycles. The van der Waals surface area contributed by atoms with Crippen molar-refractivity contribution in [1.29, 1.82) is 0 Å². The lowest BCUT2D eigenvalue weighted by molar-refractivity contribution is -0.0441. The second-order valence-electron chi connectivity index (χ2n) is 3.81. The summed E-state index contributed by atoms with van der Waals surface area (Å²) in [4.78, 5) is 9.99. The third-order valence-electron chi connectivity index (χ3n) is 2.65. The Hall–Kier alpha value is -1.24. The Labute approximate surface area is 124 Å². The van der Waals surface area contributed by atoms with Gasteiger partial charge in [-0.1, -0.05) is 12.1 Å². The maximum atomic E-state index is 10.7. The topological polar surface area (TPSA) is 119 Å².